The van der Waals surface area contributed by atoms with Gasteiger partial charge in [0.25, 0.3) is 11.8 Å². The third-order valence-corrected chi connectivity index (χ3v) is 5.07. The Kier molecular flexibility index (Phi) is 9.07. The lowest BCUT2D eigenvalue weighted by atomic mass is 9.40. The minimum atomic E-state index is -5.09. The number of pyridine rings is 1. The number of nitrogens with zero attached hydrogens (tertiary/aromatic N) is 1. The third-order valence-electron chi connectivity index (χ3n) is 4.77. The summed E-state index contributed by atoms with van der Waals surface area (Å²) < 4.78 is 68.5. The Morgan fingerprint density at radius 3 is 2.15 bits per heavy atom. The first-order valence-electron chi connectivity index (χ1n) is 10.8. The van der Waals surface area contributed by atoms with Crippen molar-refractivity contribution >= 4 is 76.2 Å². The van der Waals surface area contributed by atoms with Crippen LogP contribution in [0, 0.1) is 5.82 Å². The molecule has 3 aromatic rings. The molecule has 0 aliphatic heterocycles. The molecule has 2 amide bonds. The number of halogens is 5. The molecule has 0 unspecified atom stereocenters. The SMILES string of the molecule is [B]C([B])([B])Oc1cc(OC(F)(F)F)ccc1Oc1cc(Cl)c(C([B])([B])[B])c(F)c1C(=O)Nc1ccnc(C(N)=O)c1. The van der Waals surface area contributed by atoms with Crippen molar-refractivity contribution in [1.82, 2.24) is 4.98 Å². The van der Waals surface area contributed by atoms with Crippen LogP contribution in [0.4, 0.5) is 23.2 Å². The number of carbonyl (C=O) groups is 2. The highest BCUT2D eigenvalue weighted by Gasteiger charge is 2.33. The summed E-state index contributed by atoms with van der Waals surface area (Å²) in [5.74, 6) is -6.14. The number of anilines is 1. The first-order valence-corrected chi connectivity index (χ1v) is 11.2. The minimum absolute atomic E-state index is 0.0583. The molecule has 2 aromatic carbocycles. The van der Waals surface area contributed by atoms with Crippen LogP contribution in [-0.4, -0.2) is 75.5 Å². The topological polar surface area (TPSA) is 113 Å². The Morgan fingerprint density at radius 2 is 1.59 bits per heavy atom. The number of rotatable bonds is 9. The highest BCUT2D eigenvalue weighted by Crippen LogP contribution is 2.42. The molecule has 3 rings (SSSR count). The predicted octanol–water partition coefficient (Wildman–Crippen LogP) is 2.03. The minimum Gasteiger partial charge on any atom is -0.512 e. The van der Waals surface area contributed by atoms with Gasteiger partial charge < -0.3 is 25.3 Å². The molecule has 0 spiro atoms. The van der Waals surface area contributed by atoms with E-state index in [0.29, 0.717) is 6.07 Å². The number of primary amides is 1. The first kappa shape index (κ1) is 31.9. The summed E-state index contributed by atoms with van der Waals surface area (Å²) in [5.41, 5.74) is 3.29. The third kappa shape index (κ3) is 8.42. The van der Waals surface area contributed by atoms with E-state index in [1.807, 2.05) is 0 Å². The van der Waals surface area contributed by atoms with Crippen molar-refractivity contribution in [2.75, 3.05) is 5.32 Å². The molecular formula is C22H10B6ClF4N3O5. The molecule has 19 heteroatoms. The van der Waals surface area contributed by atoms with Crippen LogP contribution >= 0.6 is 11.6 Å². The van der Waals surface area contributed by atoms with Crippen molar-refractivity contribution in [3.8, 4) is 23.0 Å². The second-order valence-corrected chi connectivity index (χ2v) is 8.72. The van der Waals surface area contributed by atoms with E-state index in [2.05, 4.69) is 15.0 Å². The highest BCUT2D eigenvalue weighted by molar-refractivity contribution is 6.60. The van der Waals surface area contributed by atoms with Gasteiger partial charge in [0.15, 0.2) is 11.5 Å². The Bertz CT molecular complexity index is 1500. The maximum Gasteiger partial charge on any atom is 0.573 e. The zero-order valence-electron chi connectivity index (χ0n) is 20.5. The number of nitrogens with two attached hydrogens (primary N) is 1. The van der Waals surface area contributed by atoms with Crippen molar-refractivity contribution in [3.05, 3.63) is 70.3 Å². The lowest BCUT2D eigenvalue weighted by Crippen LogP contribution is -2.37. The standard InChI is InChI=1S/C22H10B6ClF4N3O5/c23-20(24,25)16-10(29)7-14(15(17(16)30)19(38)36-8-3-4-35-11(5-8)18(34)37)39-12-2-1-9(40-22(31,32)33)6-13(12)41-21(26,27)28/h1-7H,(H2,34,37)(H,35,36,38). The number of alkyl halides is 3. The van der Waals surface area contributed by atoms with Crippen LogP contribution in [0.1, 0.15) is 26.4 Å². The summed E-state index contributed by atoms with van der Waals surface area (Å²) in [5, 5.41) is -3.05. The van der Waals surface area contributed by atoms with Gasteiger partial charge in [0, 0.05) is 29.0 Å². The molecule has 12 radical (unpaired) electrons. The molecule has 1 aromatic heterocycles. The zero-order chi connectivity index (χ0) is 30.9. The molecule has 1 heterocycles. The van der Waals surface area contributed by atoms with E-state index in [1.165, 1.54) is 6.07 Å². The Labute approximate surface area is 243 Å². The number of amides is 2. The number of benzene rings is 2. The number of aromatic nitrogens is 1. The van der Waals surface area contributed by atoms with E-state index >= 15 is 4.39 Å². The van der Waals surface area contributed by atoms with E-state index in [9.17, 15) is 22.8 Å². The Morgan fingerprint density at radius 1 is 0.927 bits per heavy atom. The quantitative estimate of drug-likeness (QED) is 0.300. The van der Waals surface area contributed by atoms with Crippen molar-refractivity contribution < 1.29 is 41.4 Å². The van der Waals surface area contributed by atoms with Crippen molar-refractivity contribution in [2.45, 2.75) is 16.8 Å². The first-order chi connectivity index (χ1) is 18.7. The number of ether oxygens (including phenoxy) is 3. The lowest BCUT2D eigenvalue weighted by molar-refractivity contribution is -0.274. The Balaban J connectivity index is 2.16. The van der Waals surface area contributed by atoms with Gasteiger partial charge in [0.05, 0.1) is 23.5 Å². The van der Waals surface area contributed by atoms with Crippen LogP contribution < -0.4 is 25.3 Å². The van der Waals surface area contributed by atoms with Gasteiger partial charge in [-0.05, 0) is 35.1 Å². The van der Waals surface area contributed by atoms with Gasteiger partial charge in [-0.15, -0.1) is 18.3 Å². The monoisotopic (exact) mass is 573 g/mol. The van der Waals surface area contributed by atoms with Crippen LogP contribution in [0.15, 0.2) is 42.6 Å². The number of nitrogens with one attached hydrogen (secondary N) is 1. The fourth-order valence-electron chi connectivity index (χ4n) is 3.28. The van der Waals surface area contributed by atoms with E-state index in [0.717, 1.165) is 30.5 Å². The van der Waals surface area contributed by atoms with Crippen molar-refractivity contribution in [3.63, 3.8) is 0 Å². The highest BCUT2D eigenvalue weighted by atomic mass is 35.5. The maximum absolute atomic E-state index is 15.8. The Hall–Kier alpha value is -3.67. The lowest BCUT2D eigenvalue weighted by Gasteiger charge is -2.27. The molecule has 41 heavy (non-hydrogen) atoms. The fourth-order valence-corrected chi connectivity index (χ4v) is 3.63. The van der Waals surface area contributed by atoms with E-state index in [1.54, 1.807) is 0 Å². The largest absolute Gasteiger partial charge is 0.573 e. The molecule has 196 valence electrons. The second-order valence-electron chi connectivity index (χ2n) is 8.32. The average Bonchev–Trinajstić information content (AvgIpc) is 2.77. The van der Waals surface area contributed by atoms with E-state index < -0.39 is 73.6 Å². The molecule has 8 nitrogen and oxygen atoms in total. The van der Waals surface area contributed by atoms with Gasteiger partial charge >= 0.3 is 6.36 Å². The molecular weight excluding hydrogens is 563 g/mol. The van der Waals surface area contributed by atoms with Crippen LogP contribution in [0.3, 0.4) is 0 Å². The molecule has 0 aliphatic rings. The van der Waals surface area contributed by atoms with E-state index in [4.69, 9.17) is 73.9 Å². The summed E-state index contributed by atoms with van der Waals surface area (Å²) in [4.78, 5) is 28.4. The van der Waals surface area contributed by atoms with Gasteiger partial charge in [-0.2, -0.15) is 0 Å². The second kappa shape index (κ2) is 11.7. The summed E-state index contributed by atoms with van der Waals surface area (Å²) in [6.45, 7) is 0. The summed E-state index contributed by atoms with van der Waals surface area (Å²) in [6, 6.07) is 5.55. The summed E-state index contributed by atoms with van der Waals surface area (Å²) >= 11 is 6.13. The van der Waals surface area contributed by atoms with Crippen LogP contribution in [-0.2, 0) is 5.11 Å². The normalized spacial score (nSPS) is 11.9. The summed E-state index contributed by atoms with van der Waals surface area (Å²) in [6.07, 6.45) is -3.96. The number of carbonyl (C=O) groups excluding carboxylic acids is 2. The summed E-state index contributed by atoms with van der Waals surface area (Å²) in [7, 11) is 33.1. The van der Waals surface area contributed by atoms with Crippen LogP contribution in [0.5, 0.6) is 23.0 Å². The van der Waals surface area contributed by atoms with Crippen LogP contribution in [0.2, 0.25) is 5.02 Å². The predicted molar refractivity (Wildman–Crippen MR) is 145 cm³/mol. The molecule has 0 atom stereocenters. The zero-order valence-corrected chi connectivity index (χ0v) is 21.2. The van der Waals surface area contributed by atoms with Gasteiger partial charge in [-0.25, -0.2) is 4.39 Å². The van der Waals surface area contributed by atoms with Crippen LogP contribution in [0.25, 0.3) is 0 Å². The molecule has 0 fully saturated rings. The molecule has 0 bridgehead atoms. The molecule has 0 aliphatic carbocycles. The molecule has 0 saturated carbocycles. The van der Waals surface area contributed by atoms with Gasteiger partial charge in [0.1, 0.15) is 52.1 Å². The number of hydrogen-bond donors (Lipinski definition) is 2. The maximum atomic E-state index is 15.8. The fraction of sp³-hybridized carbons (Fsp3) is 0.136. The van der Waals surface area contributed by atoms with E-state index in [-0.39, 0.29) is 11.4 Å². The van der Waals surface area contributed by atoms with Gasteiger partial charge in [-0.1, -0.05) is 11.6 Å². The van der Waals surface area contributed by atoms with Crippen molar-refractivity contribution in [1.29, 1.82) is 0 Å². The molecule has 0 saturated heterocycles. The van der Waals surface area contributed by atoms with Gasteiger partial charge in [-0.3, -0.25) is 14.6 Å². The average molecular weight is 573 g/mol. The number of hydrogen-bond acceptors (Lipinski definition) is 6. The molecule has 3 N–H and O–H groups in total. The smallest absolute Gasteiger partial charge is 0.512 e. The van der Waals surface area contributed by atoms with Gasteiger partial charge in [0.2, 0.25) is 0 Å². The van der Waals surface area contributed by atoms with Crippen molar-refractivity contribution in [2.24, 2.45) is 5.73 Å².